The first-order chi connectivity index (χ1) is 3.89. The fourth-order valence-electron chi connectivity index (χ4n) is 0.471. The Balaban J connectivity index is 2.69. The molecule has 0 aliphatic carbocycles. The fourth-order valence-corrected chi connectivity index (χ4v) is 0.679. The molecule has 1 nitrogen and oxygen atoms in total. The third-order valence-corrected chi connectivity index (χ3v) is 1.20. The molecule has 0 saturated carbocycles. The third kappa shape index (κ3) is 1.51. The Bertz CT molecular complexity index is 156. The summed E-state index contributed by atoms with van der Waals surface area (Å²) in [7, 11) is 2.59. The zero-order valence-corrected chi connectivity index (χ0v) is 5.62. The van der Waals surface area contributed by atoms with Crippen molar-refractivity contribution in [1.29, 1.82) is 0 Å². The normalized spacial score (nSPS) is 16.9. The molecular weight excluding hydrogens is 117 g/mol. The zero-order chi connectivity index (χ0) is 5.82. The zero-order valence-electron chi connectivity index (χ0n) is 4.46. The lowest BCUT2D eigenvalue weighted by molar-refractivity contribution is 1.17. The van der Waals surface area contributed by atoms with Crippen LogP contribution in [-0.2, 0) is 0 Å². The van der Waals surface area contributed by atoms with Crippen molar-refractivity contribution in [2.24, 2.45) is 0 Å². The first-order valence-electron chi connectivity index (χ1n) is 2.45. The Morgan fingerprint density at radius 3 is 3.00 bits per heavy atom. The molecule has 8 heavy (non-hydrogen) atoms. The van der Waals surface area contributed by atoms with Crippen LogP contribution < -0.4 is 5.32 Å². The van der Waals surface area contributed by atoms with Crippen molar-refractivity contribution in [3.63, 3.8) is 0 Å². The Morgan fingerprint density at radius 2 is 2.12 bits per heavy atom. The highest BCUT2D eigenvalue weighted by atomic mass is 31.0. The summed E-state index contributed by atoms with van der Waals surface area (Å²) in [6.07, 6.45) is 9.80. The van der Waals surface area contributed by atoms with E-state index in [4.69, 9.17) is 0 Å². The molecule has 0 aromatic rings. The Labute approximate surface area is 51.4 Å². The second kappa shape index (κ2) is 2.68. The fraction of sp³-hybridized carbons (Fsp3) is 0. The first-order valence-corrected chi connectivity index (χ1v) is 3.03. The topological polar surface area (TPSA) is 12.0 Å². The van der Waals surface area contributed by atoms with Crippen LogP contribution in [0, 0.1) is 0 Å². The van der Waals surface area contributed by atoms with Crippen LogP contribution >= 0.6 is 9.24 Å². The quantitative estimate of drug-likeness (QED) is 0.482. The SMILES string of the molecule is PC1=CC=CC=CN1. The van der Waals surface area contributed by atoms with E-state index in [0.717, 1.165) is 5.44 Å². The largest absolute Gasteiger partial charge is 0.362 e. The minimum absolute atomic E-state index is 1.09. The Hall–Kier alpha value is -0.550. The van der Waals surface area contributed by atoms with Crippen molar-refractivity contribution in [2.75, 3.05) is 0 Å². The smallest absolute Gasteiger partial charge is 0.0320 e. The Kier molecular flexibility index (Phi) is 1.87. The maximum absolute atomic E-state index is 3.03. The van der Waals surface area contributed by atoms with Gasteiger partial charge in [-0.15, -0.1) is 0 Å². The molecule has 1 aliphatic heterocycles. The van der Waals surface area contributed by atoms with Gasteiger partial charge in [0.25, 0.3) is 0 Å². The molecule has 1 rings (SSSR count). The molecule has 42 valence electrons. The molecule has 1 unspecified atom stereocenters. The molecule has 0 amide bonds. The monoisotopic (exact) mass is 125 g/mol. The van der Waals surface area contributed by atoms with Crippen molar-refractivity contribution in [2.45, 2.75) is 0 Å². The predicted molar refractivity (Wildman–Crippen MR) is 39.2 cm³/mol. The van der Waals surface area contributed by atoms with Gasteiger partial charge in [-0.3, -0.25) is 0 Å². The van der Waals surface area contributed by atoms with Crippen LogP contribution in [0.5, 0.6) is 0 Å². The van der Waals surface area contributed by atoms with Crippen LogP contribution in [0.15, 0.2) is 35.9 Å². The number of hydrogen-bond donors (Lipinski definition) is 1. The highest BCUT2D eigenvalue weighted by Crippen LogP contribution is 2.01. The molecule has 1 heterocycles. The van der Waals surface area contributed by atoms with Crippen LogP contribution in [0.1, 0.15) is 0 Å². The minimum atomic E-state index is 1.09. The summed E-state index contributed by atoms with van der Waals surface area (Å²) in [4.78, 5) is 0. The van der Waals surface area contributed by atoms with E-state index < -0.39 is 0 Å². The highest BCUT2D eigenvalue weighted by Gasteiger charge is 1.80. The average Bonchev–Trinajstić information content (AvgIpc) is 1.94. The second-order valence-electron chi connectivity index (χ2n) is 1.51. The van der Waals surface area contributed by atoms with Gasteiger partial charge in [0.2, 0.25) is 0 Å². The molecule has 2 heteroatoms. The summed E-state index contributed by atoms with van der Waals surface area (Å²) >= 11 is 0. The maximum Gasteiger partial charge on any atom is 0.0320 e. The van der Waals surface area contributed by atoms with Gasteiger partial charge in [-0.2, -0.15) is 0 Å². The van der Waals surface area contributed by atoms with Crippen LogP contribution in [0.2, 0.25) is 0 Å². The molecule has 0 saturated heterocycles. The lowest BCUT2D eigenvalue weighted by Crippen LogP contribution is -1.95. The summed E-state index contributed by atoms with van der Waals surface area (Å²) in [6.45, 7) is 0. The van der Waals surface area contributed by atoms with E-state index in [0.29, 0.717) is 0 Å². The van der Waals surface area contributed by atoms with Crippen molar-refractivity contribution in [3.05, 3.63) is 35.9 Å². The van der Waals surface area contributed by atoms with Gasteiger partial charge < -0.3 is 5.32 Å². The summed E-state index contributed by atoms with van der Waals surface area (Å²) in [5.41, 5.74) is 1.09. The molecule has 0 aromatic carbocycles. The van der Waals surface area contributed by atoms with Gasteiger partial charge in [0.15, 0.2) is 0 Å². The van der Waals surface area contributed by atoms with Crippen LogP contribution in [0.3, 0.4) is 0 Å². The average molecular weight is 125 g/mol. The number of hydrogen-bond acceptors (Lipinski definition) is 1. The molecule has 1 atom stereocenters. The lowest BCUT2D eigenvalue weighted by Gasteiger charge is -1.92. The first kappa shape index (κ1) is 5.58. The van der Waals surface area contributed by atoms with Gasteiger partial charge >= 0.3 is 0 Å². The van der Waals surface area contributed by atoms with E-state index in [1.807, 2.05) is 30.5 Å². The molecule has 1 aliphatic rings. The van der Waals surface area contributed by atoms with Crippen LogP contribution in [-0.4, -0.2) is 0 Å². The van der Waals surface area contributed by atoms with Gasteiger partial charge in [0.05, 0.1) is 0 Å². The molecule has 0 fully saturated rings. The third-order valence-electron chi connectivity index (χ3n) is 0.844. The summed E-state index contributed by atoms with van der Waals surface area (Å²) in [5.74, 6) is 0. The number of allylic oxidation sites excluding steroid dienone is 4. The molecule has 1 N–H and O–H groups in total. The van der Waals surface area contributed by atoms with Crippen LogP contribution in [0.25, 0.3) is 0 Å². The second-order valence-corrected chi connectivity index (χ2v) is 2.13. The van der Waals surface area contributed by atoms with Crippen molar-refractivity contribution >= 4 is 9.24 Å². The lowest BCUT2D eigenvalue weighted by atomic mass is 10.5. The van der Waals surface area contributed by atoms with E-state index >= 15 is 0 Å². The van der Waals surface area contributed by atoms with Crippen molar-refractivity contribution in [1.82, 2.24) is 5.32 Å². The maximum atomic E-state index is 3.03. The van der Waals surface area contributed by atoms with E-state index in [9.17, 15) is 0 Å². The highest BCUT2D eigenvalue weighted by molar-refractivity contribution is 7.22. The van der Waals surface area contributed by atoms with Crippen LogP contribution in [0.4, 0.5) is 0 Å². The van der Waals surface area contributed by atoms with Gasteiger partial charge in [0, 0.05) is 11.6 Å². The summed E-state index contributed by atoms with van der Waals surface area (Å²) in [5, 5.41) is 3.03. The molecular formula is C6H8NP. The predicted octanol–water partition coefficient (Wildman–Crippen LogP) is 1.38. The van der Waals surface area contributed by atoms with E-state index in [1.165, 1.54) is 0 Å². The molecule has 0 bridgehead atoms. The molecule has 0 radical (unpaired) electrons. The van der Waals surface area contributed by atoms with E-state index in [1.54, 1.807) is 0 Å². The van der Waals surface area contributed by atoms with Gasteiger partial charge in [0.1, 0.15) is 0 Å². The van der Waals surface area contributed by atoms with Gasteiger partial charge in [-0.1, -0.05) is 21.4 Å². The van der Waals surface area contributed by atoms with Gasteiger partial charge in [-0.05, 0) is 12.2 Å². The summed E-state index contributed by atoms with van der Waals surface area (Å²) < 4.78 is 0. The minimum Gasteiger partial charge on any atom is -0.362 e. The molecule has 0 spiro atoms. The number of nitrogens with one attached hydrogen (secondary N) is 1. The van der Waals surface area contributed by atoms with Crippen molar-refractivity contribution < 1.29 is 0 Å². The van der Waals surface area contributed by atoms with E-state index in [-0.39, 0.29) is 0 Å². The number of rotatable bonds is 0. The summed E-state index contributed by atoms with van der Waals surface area (Å²) in [6, 6.07) is 0. The molecule has 0 aromatic heterocycles. The van der Waals surface area contributed by atoms with Gasteiger partial charge in [-0.25, -0.2) is 0 Å². The Morgan fingerprint density at radius 1 is 1.25 bits per heavy atom. The standard InChI is InChI=1S/C6H8NP/c8-6-4-2-1-3-5-7-6/h1-5,7H,8H2. The van der Waals surface area contributed by atoms with Crippen molar-refractivity contribution in [3.8, 4) is 0 Å². The van der Waals surface area contributed by atoms with E-state index in [2.05, 4.69) is 14.6 Å².